The highest BCUT2D eigenvalue weighted by Gasteiger charge is 2.08. The van der Waals surface area contributed by atoms with Crippen molar-refractivity contribution in [3.05, 3.63) is 59.7 Å². The molecular weight excluding hydrogens is 256 g/mol. The van der Waals surface area contributed by atoms with E-state index in [9.17, 15) is 9.90 Å². The highest BCUT2D eigenvalue weighted by molar-refractivity contribution is 5.86. The summed E-state index contributed by atoms with van der Waals surface area (Å²) in [5.41, 5.74) is 1.32. The van der Waals surface area contributed by atoms with Gasteiger partial charge in [-0.3, -0.25) is 5.32 Å². The van der Waals surface area contributed by atoms with Crippen LogP contribution in [0.3, 0.4) is 0 Å². The predicted molar refractivity (Wildman–Crippen MR) is 73.1 cm³/mol. The van der Waals surface area contributed by atoms with Crippen molar-refractivity contribution in [1.82, 2.24) is 0 Å². The monoisotopic (exact) mass is 268 g/mol. The summed E-state index contributed by atoms with van der Waals surface area (Å²) in [5.74, 6) is -0.0395. The fraction of sp³-hybridized carbons (Fsp3) is 0.0667. The number of anilines is 1. The first kappa shape index (κ1) is 13.4. The van der Waals surface area contributed by atoms with Crippen molar-refractivity contribution in [2.24, 2.45) is 0 Å². The number of aromatic hydroxyl groups is 1. The van der Waals surface area contributed by atoms with Crippen molar-refractivity contribution in [3.8, 4) is 11.8 Å². The summed E-state index contributed by atoms with van der Waals surface area (Å²) in [4.78, 5) is 11.6. The number of carbonyl (C=O) groups is 1. The highest BCUT2D eigenvalue weighted by Crippen LogP contribution is 2.21. The van der Waals surface area contributed by atoms with Gasteiger partial charge in [-0.1, -0.05) is 30.3 Å². The van der Waals surface area contributed by atoms with Crippen LogP contribution in [0.15, 0.2) is 48.5 Å². The van der Waals surface area contributed by atoms with Crippen LogP contribution in [0, 0.1) is 11.3 Å². The van der Waals surface area contributed by atoms with Crippen LogP contribution in [0.1, 0.15) is 11.1 Å². The normalized spacial score (nSPS) is 9.55. The number of rotatable bonds is 3. The molecule has 2 aromatic carbocycles. The number of benzene rings is 2. The molecule has 0 spiro atoms. The van der Waals surface area contributed by atoms with E-state index in [1.807, 2.05) is 36.4 Å². The second kappa shape index (κ2) is 6.25. The molecule has 2 rings (SSSR count). The summed E-state index contributed by atoms with van der Waals surface area (Å²) < 4.78 is 5.03. The molecule has 20 heavy (non-hydrogen) atoms. The zero-order valence-corrected chi connectivity index (χ0v) is 10.5. The second-order valence-electron chi connectivity index (χ2n) is 4.03. The Morgan fingerprint density at radius 2 is 2.00 bits per heavy atom. The zero-order chi connectivity index (χ0) is 14.4. The number of phenolic OH excluding ortho intramolecular Hbond substituents is 1. The lowest BCUT2D eigenvalue weighted by atomic mass is 10.2. The number of amides is 1. The molecule has 0 atom stereocenters. The summed E-state index contributed by atoms with van der Waals surface area (Å²) >= 11 is 0. The van der Waals surface area contributed by atoms with E-state index in [0.29, 0.717) is 0 Å². The third-order valence-corrected chi connectivity index (χ3v) is 2.57. The molecular formula is C15H12N2O3. The van der Waals surface area contributed by atoms with Crippen LogP contribution in [0.4, 0.5) is 10.5 Å². The van der Waals surface area contributed by atoms with Gasteiger partial charge >= 0.3 is 6.09 Å². The molecule has 2 aromatic rings. The van der Waals surface area contributed by atoms with Gasteiger partial charge in [0.25, 0.3) is 0 Å². The van der Waals surface area contributed by atoms with Gasteiger partial charge in [0, 0.05) is 6.07 Å². The lowest BCUT2D eigenvalue weighted by Crippen LogP contribution is -2.14. The molecule has 100 valence electrons. The van der Waals surface area contributed by atoms with E-state index in [-0.39, 0.29) is 23.6 Å². The Labute approximate surface area is 116 Å². The van der Waals surface area contributed by atoms with Gasteiger partial charge < -0.3 is 9.84 Å². The fourth-order valence-electron chi connectivity index (χ4n) is 1.60. The summed E-state index contributed by atoms with van der Waals surface area (Å²) in [6.07, 6.45) is -0.684. The summed E-state index contributed by atoms with van der Waals surface area (Å²) in [7, 11) is 0. The Morgan fingerprint density at radius 3 is 2.70 bits per heavy atom. The number of nitrogens with one attached hydrogen (secondary N) is 1. The van der Waals surface area contributed by atoms with E-state index in [1.54, 1.807) is 0 Å². The van der Waals surface area contributed by atoms with Gasteiger partial charge in [-0.15, -0.1) is 0 Å². The van der Waals surface area contributed by atoms with Gasteiger partial charge in [-0.05, 0) is 17.7 Å². The van der Waals surface area contributed by atoms with Crippen molar-refractivity contribution < 1.29 is 14.6 Å². The molecule has 0 fully saturated rings. The van der Waals surface area contributed by atoms with Crippen LogP contribution < -0.4 is 5.32 Å². The van der Waals surface area contributed by atoms with Gasteiger partial charge in [0.1, 0.15) is 18.4 Å². The smallest absolute Gasteiger partial charge is 0.411 e. The van der Waals surface area contributed by atoms with Gasteiger partial charge in [0.2, 0.25) is 0 Å². The topological polar surface area (TPSA) is 82.4 Å². The predicted octanol–water partition coefficient (Wildman–Crippen LogP) is 3.01. The Morgan fingerprint density at radius 1 is 1.25 bits per heavy atom. The summed E-state index contributed by atoms with van der Waals surface area (Å²) in [6, 6.07) is 15.2. The molecule has 5 heteroatoms. The molecule has 0 heterocycles. The Kier molecular flexibility index (Phi) is 4.20. The zero-order valence-electron chi connectivity index (χ0n) is 10.5. The van der Waals surface area contributed by atoms with Gasteiger partial charge in [0.05, 0.1) is 11.3 Å². The SMILES string of the molecule is N#Cc1ccc(O)cc1NC(=O)OCc1ccccc1. The second-order valence-corrected chi connectivity index (χ2v) is 4.03. The maximum absolute atomic E-state index is 11.6. The lowest BCUT2D eigenvalue weighted by molar-refractivity contribution is 0.155. The Bertz CT molecular complexity index is 648. The molecule has 0 bridgehead atoms. The average Bonchev–Trinajstić information content (AvgIpc) is 2.46. The van der Waals surface area contributed by atoms with E-state index in [2.05, 4.69) is 5.32 Å². The van der Waals surface area contributed by atoms with Crippen LogP contribution in [0.2, 0.25) is 0 Å². The van der Waals surface area contributed by atoms with E-state index >= 15 is 0 Å². The molecule has 0 radical (unpaired) electrons. The maximum atomic E-state index is 11.6. The third-order valence-electron chi connectivity index (χ3n) is 2.57. The molecule has 0 aromatic heterocycles. The number of ether oxygens (including phenoxy) is 1. The lowest BCUT2D eigenvalue weighted by Gasteiger charge is -2.08. The highest BCUT2D eigenvalue weighted by atomic mass is 16.5. The van der Waals surface area contributed by atoms with E-state index in [1.165, 1.54) is 18.2 Å². The number of nitriles is 1. The van der Waals surface area contributed by atoms with Gasteiger partial charge in [-0.2, -0.15) is 5.26 Å². The van der Waals surface area contributed by atoms with Crippen LogP contribution >= 0.6 is 0 Å². The Hall–Kier alpha value is -3.00. The third kappa shape index (κ3) is 3.50. The first-order chi connectivity index (χ1) is 9.69. The quantitative estimate of drug-likeness (QED) is 0.896. The first-order valence-electron chi connectivity index (χ1n) is 5.90. The van der Waals surface area contributed by atoms with Crippen LogP contribution in [0.5, 0.6) is 5.75 Å². The Balaban J connectivity index is 1.98. The van der Waals surface area contributed by atoms with Crippen molar-refractivity contribution in [1.29, 1.82) is 5.26 Å². The summed E-state index contributed by atoms with van der Waals surface area (Å²) in [5, 5.41) is 20.7. The minimum Gasteiger partial charge on any atom is -0.508 e. The summed E-state index contributed by atoms with van der Waals surface area (Å²) in [6.45, 7) is 0.132. The molecule has 2 N–H and O–H groups in total. The van der Waals surface area contributed by atoms with Crippen LogP contribution in [-0.2, 0) is 11.3 Å². The van der Waals surface area contributed by atoms with Gasteiger partial charge in [0.15, 0.2) is 0 Å². The van der Waals surface area contributed by atoms with Crippen molar-refractivity contribution >= 4 is 11.8 Å². The molecule has 1 amide bonds. The largest absolute Gasteiger partial charge is 0.508 e. The van der Waals surface area contributed by atoms with E-state index in [4.69, 9.17) is 10.00 Å². The number of carbonyl (C=O) groups excluding carboxylic acids is 1. The minimum absolute atomic E-state index is 0.0395. The average molecular weight is 268 g/mol. The standard InChI is InChI=1S/C15H12N2O3/c16-9-12-6-7-13(18)8-14(12)17-15(19)20-10-11-4-2-1-3-5-11/h1-8,18H,10H2,(H,17,19). The van der Waals surface area contributed by atoms with Gasteiger partial charge in [-0.25, -0.2) is 4.79 Å². The number of phenols is 1. The van der Waals surface area contributed by atoms with E-state index in [0.717, 1.165) is 5.56 Å². The fourth-order valence-corrected chi connectivity index (χ4v) is 1.60. The van der Waals surface area contributed by atoms with Crippen molar-refractivity contribution in [3.63, 3.8) is 0 Å². The van der Waals surface area contributed by atoms with E-state index < -0.39 is 6.09 Å². The van der Waals surface area contributed by atoms with Crippen molar-refractivity contribution in [2.75, 3.05) is 5.32 Å². The first-order valence-corrected chi connectivity index (χ1v) is 5.90. The molecule has 0 aliphatic carbocycles. The molecule has 5 nitrogen and oxygen atoms in total. The molecule has 0 aliphatic heterocycles. The maximum Gasteiger partial charge on any atom is 0.411 e. The number of hydrogen-bond acceptors (Lipinski definition) is 4. The number of hydrogen-bond donors (Lipinski definition) is 2. The molecule has 0 saturated heterocycles. The van der Waals surface area contributed by atoms with Crippen molar-refractivity contribution in [2.45, 2.75) is 6.61 Å². The van der Waals surface area contributed by atoms with Crippen LogP contribution in [-0.4, -0.2) is 11.2 Å². The minimum atomic E-state index is -0.684. The molecule has 0 saturated carbocycles. The molecule has 0 aliphatic rings. The number of nitrogens with zero attached hydrogens (tertiary/aromatic N) is 1. The van der Waals surface area contributed by atoms with Crippen LogP contribution in [0.25, 0.3) is 0 Å². The molecule has 0 unspecified atom stereocenters.